The summed E-state index contributed by atoms with van der Waals surface area (Å²) in [7, 11) is 0. The maximum absolute atomic E-state index is 2.56. The van der Waals surface area contributed by atoms with Gasteiger partial charge in [0, 0.05) is 6.54 Å². The molecule has 1 saturated heterocycles. The van der Waals surface area contributed by atoms with E-state index in [9.17, 15) is 0 Å². The van der Waals surface area contributed by atoms with Gasteiger partial charge in [0.1, 0.15) is 0 Å². The summed E-state index contributed by atoms with van der Waals surface area (Å²) in [4.78, 5) is 2.56. The highest BCUT2D eigenvalue weighted by Gasteiger charge is 2.23. The molecule has 0 atom stereocenters. The highest BCUT2D eigenvalue weighted by molar-refractivity contribution is 5.28. The van der Waals surface area contributed by atoms with Crippen LogP contribution in [-0.2, 0) is 6.54 Å². The lowest BCUT2D eigenvalue weighted by molar-refractivity contribution is 0.331. The van der Waals surface area contributed by atoms with Crippen LogP contribution in [0.4, 0.5) is 0 Å². The zero-order chi connectivity index (χ0) is 10.1. The Hall–Kier alpha value is -0.820. The zero-order valence-corrected chi connectivity index (χ0v) is 9.28. The van der Waals surface area contributed by atoms with Crippen molar-refractivity contribution in [3.8, 4) is 0 Å². The molecule has 2 aliphatic rings. The van der Waals surface area contributed by atoms with Crippen molar-refractivity contribution in [1.82, 2.24) is 4.90 Å². The Balaban J connectivity index is 1.64. The van der Waals surface area contributed by atoms with Gasteiger partial charge in [0.05, 0.1) is 0 Å². The molecule has 0 spiro atoms. The number of nitrogens with zero attached hydrogens (tertiary/aromatic N) is 1. The Morgan fingerprint density at radius 2 is 1.67 bits per heavy atom. The molecule has 1 heterocycles. The van der Waals surface area contributed by atoms with E-state index in [1.165, 1.54) is 44.3 Å². The van der Waals surface area contributed by atoms with Gasteiger partial charge < -0.3 is 0 Å². The van der Waals surface area contributed by atoms with Crippen molar-refractivity contribution in [3.05, 3.63) is 35.4 Å². The van der Waals surface area contributed by atoms with Gasteiger partial charge in [-0.15, -0.1) is 0 Å². The number of hydrogen-bond donors (Lipinski definition) is 0. The fourth-order valence-corrected chi connectivity index (χ4v) is 2.51. The van der Waals surface area contributed by atoms with Gasteiger partial charge in [-0.2, -0.15) is 0 Å². The summed E-state index contributed by atoms with van der Waals surface area (Å²) in [6, 6.07) is 9.32. The maximum atomic E-state index is 2.56. The van der Waals surface area contributed by atoms with Crippen molar-refractivity contribution in [3.63, 3.8) is 0 Å². The Morgan fingerprint density at radius 1 is 1.00 bits per heavy atom. The maximum Gasteiger partial charge on any atom is 0.0233 e. The van der Waals surface area contributed by atoms with Gasteiger partial charge in [-0.1, -0.05) is 24.3 Å². The van der Waals surface area contributed by atoms with Gasteiger partial charge >= 0.3 is 0 Å². The summed E-state index contributed by atoms with van der Waals surface area (Å²) in [5.41, 5.74) is 3.04. The van der Waals surface area contributed by atoms with Crippen molar-refractivity contribution >= 4 is 0 Å². The molecule has 1 aliphatic heterocycles. The van der Waals surface area contributed by atoms with E-state index in [0.717, 1.165) is 12.5 Å². The molecule has 1 aliphatic carbocycles. The van der Waals surface area contributed by atoms with Crippen LogP contribution in [0.1, 0.15) is 42.7 Å². The predicted molar refractivity (Wildman–Crippen MR) is 62.9 cm³/mol. The van der Waals surface area contributed by atoms with Crippen molar-refractivity contribution < 1.29 is 0 Å². The number of benzene rings is 1. The van der Waals surface area contributed by atoms with Crippen LogP contribution in [0.2, 0.25) is 0 Å². The minimum absolute atomic E-state index is 0.894. The van der Waals surface area contributed by atoms with E-state index in [0.29, 0.717) is 0 Å². The standard InChI is InChI=1S/C14H19N/c1-2-10-15(9-1)11-12-3-5-13(6-4-12)14-7-8-14/h3-6,14H,1-2,7-11H2. The average molecular weight is 201 g/mol. The SMILES string of the molecule is c1cc(C2CC2)ccc1CN1CCCC1. The van der Waals surface area contributed by atoms with Crippen LogP contribution in [0.3, 0.4) is 0 Å². The van der Waals surface area contributed by atoms with E-state index in [4.69, 9.17) is 0 Å². The van der Waals surface area contributed by atoms with Gasteiger partial charge in [-0.3, -0.25) is 4.90 Å². The molecule has 1 nitrogen and oxygen atoms in total. The molecule has 1 saturated carbocycles. The van der Waals surface area contributed by atoms with Gasteiger partial charge in [-0.25, -0.2) is 0 Å². The Morgan fingerprint density at radius 3 is 2.27 bits per heavy atom. The molecule has 0 amide bonds. The molecule has 1 aromatic rings. The molecule has 80 valence electrons. The first kappa shape index (κ1) is 9.41. The first-order valence-corrected chi connectivity index (χ1v) is 6.23. The molecule has 0 bridgehead atoms. The Labute approximate surface area is 92.1 Å². The molecule has 3 rings (SSSR count). The zero-order valence-electron chi connectivity index (χ0n) is 9.28. The van der Waals surface area contributed by atoms with Gasteiger partial charge in [0.15, 0.2) is 0 Å². The van der Waals surface area contributed by atoms with Gasteiger partial charge in [0.25, 0.3) is 0 Å². The highest BCUT2D eigenvalue weighted by Crippen LogP contribution is 2.39. The van der Waals surface area contributed by atoms with E-state index in [-0.39, 0.29) is 0 Å². The van der Waals surface area contributed by atoms with Crippen molar-refractivity contribution in [1.29, 1.82) is 0 Å². The van der Waals surface area contributed by atoms with Crippen LogP contribution in [0.25, 0.3) is 0 Å². The topological polar surface area (TPSA) is 3.24 Å². The summed E-state index contributed by atoms with van der Waals surface area (Å²) in [6.07, 6.45) is 5.59. The number of rotatable bonds is 3. The van der Waals surface area contributed by atoms with Crippen molar-refractivity contribution in [2.45, 2.75) is 38.1 Å². The molecule has 1 aromatic carbocycles. The van der Waals surface area contributed by atoms with Gasteiger partial charge in [-0.05, 0) is 55.8 Å². The summed E-state index contributed by atoms with van der Waals surface area (Å²) in [6.45, 7) is 3.75. The van der Waals surface area contributed by atoms with Crippen LogP contribution in [0, 0.1) is 0 Å². The van der Waals surface area contributed by atoms with E-state index in [1.807, 2.05) is 0 Å². The number of hydrogen-bond acceptors (Lipinski definition) is 1. The van der Waals surface area contributed by atoms with E-state index < -0.39 is 0 Å². The molecular weight excluding hydrogens is 182 g/mol. The lowest BCUT2D eigenvalue weighted by Gasteiger charge is -2.14. The monoisotopic (exact) mass is 201 g/mol. The second-order valence-electron chi connectivity index (χ2n) is 5.00. The lowest BCUT2D eigenvalue weighted by atomic mass is 10.1. The molecule has 1 heteroatoms. The van der Waals surface area contributed by atoms with E-state index >= 15 is 0 Å². The minimum Gasteiger partial charge on any atom is -0.299 e. The highest BCUT2D eigenvalue weighted by atomic mass is 15.1. The summed E-state index contributed by atoms with van der Waals surface area (Å²) in [5, 5.41) is 0. The molecule has 0 unspecified atom stereocenters. The lowest BCUT2D eigenvalue weighted by Crippen LogP contribution is -2.18. The van der Waals surface area contributed by atoms with E-state index in [1.54, 1.807) is 5.56 Å². The molecule has 0 aromatic heterocycles. The second kappa shape index (κ2) is 3.97. The Kier molecular flexibility index (Phi) is 2.49. The van der Waals surface area contributed by atoms with Gasteiger partial charge in [0.2, 0.25) is 0 Å². The molecular formula is C14H19N. The quantitative estimate of drug-likeness (QED) is 0.726. The third kappa shape index (κ3) is 2.23. The smallest absolute Gasteiger partial charge is 0.0233 e. The normalized spacial score (nSPS) is 22.1. The summed E-state index contributed by atoms with van der Waals surface area (Å²) in [5.74, 6) is 0.894. The third-order valence-corrected chi connectivity index (χ3v) is 3.63. The average Bonchev–Trinajstić information content (AvgIpc) is 2.99. The van der Waals surface area contributed by atoms with Crippen LogP contribution in [0.15, 0.2) is 24.3 Å². The van der Waals surface area contributed by atoms with E-state index in [2.05, 4.69) is 29.2 Å². The van der Waals surface area contributed by atoms with Crippen LogP contribution in [-0.4, -0.2) is 18.0 Å². The predicted octanol–water partition coefficient (Wildman–Crippen LogP) is 3.16. The molecule has 15 heavy (non-hydrogen) atoms. The number of likely N-dealkylation sites (tertiary alicyclic amines) is 1. The third-order valence-electron chi connectivity index (χ3n) is 3.63. The Bertz CT molecular complexity index is 318. The minimum atomic E-state index is 0.894. The van der Waals surface area contributed by atoms with Crippen LogP contribution in [0.5, 0.6) is 0 Å². The first-order chi connectivity index (χ1) is 7.42. The molecule has 0 radical (unpaired) electrons. The first-order valence-electron chi connectivity index (χ1n) is 6.23. The summed E-state index contributed by atoms with van der Waals surface area (Å²) < 4.78 is 0. The fraction of sp³-hybridized carbons (Fsp3) is 0.571. The van der Waals surface area contributed by atoms with Crippen molar-refractivity contribution in [2.75, 3.05) is 13.1 Å². The van der Waals surface area contributed by atoms with Crippen molar-refractivity contribution in [2.24, 2.45) is 0 Å². The fourth-order valence-electron chi connectivity index (χ4n) is 2.51. The molecule has 2 fully saturated rings. The largest absolute Gasteiger partial charge is 0.299 e. The summed E-state index contributed by atoms with van der Waals surface area (Å²) >= 11 is 0. The molecule has 0 N–H and O–H groups in total. The second-order valence-corrected chi connectivity index (χ2v) is 5.00. The van der Waals surface area contributed by atoms with Crippen LogP contribution >= 0.6 is 0 Å². The van der Waals surface area contributed by atoms with Crippen LogP contribution < -0.4 is 0 Å².